The minimum absolute atomic E-state index is 0.0908. The molecule has 96 valence electrons. The Labute approximate surface area is 108 Å². The van der Waals surface area contributed by atoms with Gasteiger partial charge < -0.3 is 9.69 Å². The number of Topliss-reactive ketones (excluding diaryl/α,β-unsaturated/α-hetero) is 1. The normalized spacial score (nSPS) is 22.2. The summed E-state index contributed by atoms with van der Waals surface area (Å²) in [4.78, 5) is 25.4. The van der Waals surface area contributed by atoms with Crippen molar-refractivity contribution in [2.45, 2.75) is 39.0 Å². The van der Waals surface area contributed by atoms with Crippen LogP contribution in [0.1, 0.15) is 37.8 Å². The van der Waals surface area contributed by atoms with Crippen LogP contribution in [-0.4, -0.2) is 18.7 Å². The van der Waals surface area contributed by atoms with Gasteiger partial charge in [-0.15, -0.1) is 0 Å². The highest BCUT2D eigenvalue weighted by atomic mass is 16.2. The van der Waals surface area contributed by atoms with E-state index >= 15 is 0 Å². The lowest BCUT2D eigenvalue weighted by Gasteiger charge is -2.22. The van der Waals surface area contributed by atoms with Gasteiger partial charge in [0.15, 0.2) is 0 Å². The average molecular weight is 245 g/mol. The summed E-state index contributed by atoms with van der Waals surface area (Å²) in [5.74, 6) is 0.223. The van der Waals surface area contributed by atoms with Crippen molar-refractivity contribution in [1.82, 2.24) is 0 Å². The van der Waals surface area contributed by atoms with E-state index in [9.17, 15) is 9.59 Å². The monoisotopic (exact) mass is 245 g/mol. The van der Waals surface area contributed by atoms with Gasteiger partial charge in [-0.05, 0) is 38.3 Å². The molecule has 0 N–H and O–H groups in total. The van der Waals surface area contributed by atoms with Gasteiger partial charge in [0.2, 0.25) is 5.91 Å². The molecule has 0 aromatic heterocycles. The van der Waals surface area contributed by atoms with Gasteiger partial charge in [-0.1, -0.05) is 18.2 Å². The second-order valence-electron chi connectivity index (χ2n) is 5.37. The van der Waals surface area contributed by atoms with E-state index in [0.29, 0.717) is 12.8 Å². The van der Waals surface area contributed by atoms with Crippen LogP contribution in [0.25, 0.3) is 0 Å². The van der Waals surface area contributed by atoms with Crippen molar-refractivity contribution in [2.75, 3.05) is 11.9 Å². The van der Waals surface area contributed by atoms with Crippen LogP contribution < -0.4 is 4.90 Å². The lowest BCUT2D eigenvalue weighted by atomic mass is 9.79. The van der Waals surface area contributed by atoms with Crippen molar-refractivity contribution >= 4 is 17.4 Å². The van der Waals surface area contributed by atoms with Crippen molar-refractivity contribution in [3.8, 4) is 0 Å². The Morgan fingerprint density at radius 1 is 1.39 bits per heavy atom. The van der Waals surface area contributed by atoms with E-state index in [1.54, 1.807) is 11.8 Å². The molecule has 0 saturated heterocycles. The van der Waals surface area contributed by atoms with E-state index < -0.39 is 5.41 Å². The van der Waals surface area contributed by atoms with Crippen molar-refractivity contribution in [2.24, 2.45) is 0 Å². The number of carbonyl (C=O) groups excluding carboxylic acids is 2. The molecule has 0 bridgehead atoms. The van der Waals surface area contributed by atoms with Gasteiger partial charge in [-0.3, -0.25) is 4.79 Å². The number of likely N-dealkylation sites (N-methyl/N-ethyl adjacent to an activating group) is 1. The third-order valence-electron chi connectivity index (χ3n) is 3.92. The molecule has 18 heavy (non-hydrogen) atoms. The first-order valence-electron chi connectivity index (χ1n) is 6.25. The predicted molar refractivity (Wildman–Crippen MR) is 71.9 cm³/mol. The van der Waals surface area contributed by atoms with Gasteiger partial charge in [0.1, 0.15) is 5.78 Å². The zero-order valence-electron chi connectivity index (χ0n) is 11.4. The Bertz CT molecular complexity index is 521. The number of ketones is 1. The molecule has 2 rings (SSSR count). The Balaban J connectivity index is 2.48. The number of nitrogens with zero attached hydrogens (tertiary/aromatic N) is 1. The lowest BCUT2D eigenvalue weighted by Crippen LogP contribution is -2.36. The van der Waals surface area contributed by atoms with Crippen molar-refractivity contribution in [3.63, 3.8) is 0 Å². The smallest absolute Gasteiger partial charge is 0.237 e. The Morgan fingerprint density at radius 2 is 2.06 bits per heavy atom. The number of hydrogen-bond donors (Lipinski definition) is 0. The van der Waals surface area contributed by atoms with E-state index in [0.717, 1.165) is 16.8 Å². The zero-order valence-corrected chi connectivity index (χ0v) is 11.4. The second kappa shape index (κ2) is 4.23. The van der Waals surface area contributed by atoms with Crippen LogP contribution in [0.5, 0.6) is 0 Å². The number of carbonyl (C=O) groups is 2. The van der Waals surface area contributed by atoms with Crippen molar-refractivity contribution < 1.29 is 9.59 Å². The minimum atomic E-state index is -0.554. The molecule has 1 atom stereocenters. The second-order valence-corrected chi connectivity index (χ2v) is 5.37. The SMILES string of the molecule is CC(=O)CCC1(C)C(=O)N(C)c2c(C)cccc21. The molecule has 1 aromatic carbocycles. The molecule has 3 heteroatoms. The largest absolute Gasteiger partial charge is 0.314 e. The number of fused-ring (bicyclic) bond motifs is 1. The van der Waals surface area contributed by atoms with Crippen LogP contribution in [-0.2, 0) is 15.0 Å². The first-order chi connectivity index (χ1) is 8.38. The number of rotatable bonds is 3. The zero-order chi connectivity index (χ0) is 13.5. The summed E-state index contributed by atoms with van der Waals surface area (Å²) in [6.45, 7) is 5.53. The molecular weight excluding hydrogens is 226 g/mol. The summed E-state index contributed by atoms with van der Waals surface area (Å²) >= 11 is 0. The van der Waals surface area contributed by atoms with E-state index in [1.165, 1.54) is 0 Å². The number of anilines is 1. The number of hydrogen-bond acceptors (Lipinski definition) is 2. The summed E-state index contributed by atoms with van der Waals surface area (Å²) in [7, 11) is 1.81. The van der Waals surface area contributed by atoms with Gasteiger partial charge >= 0.3 is 0 Å². The molecule has 0 radical (unpaired) electrons. The van der Waals surface area contributed by atoms with Crippen LogP contribution in [0.3, 0.4) is 0 Å². The maximum absolute atomic E-state index is 12.5. The molecular formula is C15H19NO2. The van der Waals surface area contributed by atoms with Gasteiger partial charge in [-0.2, -0.15) is 0 Å². The van der Waals surface area contributed by atoms with Crippen LogP contribution in [0.4, 0.5) is 5.69 Å². The molecule has 0 aliphatic carbocycles. The number of aryl methyl sites for hydroxylation is 1. The Morgan fingerprint density at radius 3 is 2.67 bits per heavy atom. The molecule has 0 spiro atoms. The van der Waals surface area contributed by atoms with E-state index in [-0.39, 0.29) is 11.7 Å². The third-order valence-corrected chi connectivity index (χ3v) is 3.92. The molecule has 1 heterocycles. The number of amides is 1. The van der Waals surface area contributed by atoms with Crippen LogP contribution in [0.15, 0.2) is 18.2 Å². The standard InChI is InChI=1S/C15H19NO2/c1-10-6-5-7-12-13(10)16(4)14(18)15(12,3)9-8-11(2)17/h5-7H,8-9H2,1-4H3. The van der Waals surface area contributed by atoms with Crippen LogP contribution >= 0.6 is 0 Å². The predicted octanol–water partition coefficient (Wildman–Crippen LogP) is 2.60. The fraction of sp³-hybridized carbons (Fsp3) is 0.467. The van der Waals surface area contributed by atoms with Gasteiger partial charge in [0.25, 0.3) is 0 Å². The van der Waals surface area contributed by atoms with Gasteiger partial charge in [-0.25, -0.2) is 0 Å². The maximum Gasteiger partial charge on any atom is 0.237 e. The molecule has 3 nitrogen and oxygen atoms in total. The summed E-state index contributed by atoms with van der Waals surface area (Å²) < 4.78 is 0. The third kappa shape index (κ3) is 1.74. The van der Waals surface area contributed by atoms with Crippen molar-refractivity contribution in [1.29, 1.82) is 0 Å². The molecule has 1 unspecified atom stereocenters. The van der Waals surface area contributed by atoms with E-state index in [1.807, 2.05) is 39.1 Å². The lowest BCUT2D eigenvalue weighted by molar-refractivity contribution is -0.123. The van der Waals surface area contributed by atoms with Crippen LogP contribution in [0, 0.1) is 6.92 Å². The quantitative estimate of drug-likeness (QED) is 0.820. The minimum Gasteiger partial charge on any atom is -0.314 e. The molecule has 1 amide bonds. The van der Waals surface area contributed by atoms with Crippen molar-refractivity contribution in [3.05, 3.63) is 29.3 Å². The first kappa shape index (κ1) is 12.8. The maximum atomic E-state index is 12.5. The number of para-hydroxylation sites is 1. The Hall–Kier alpha value is -1.64. The number of benzene rings is 1. The summed E-state index contributed by atoms with van der Waals surface area (Å²) in [5, 5.41) is 0. The summed E-state index contributed by atoms with van der Waals surface area (Å²) in [5.41, 5.74) is 2.61. The molecule has 1 aliphatic rings. The highest BCUT2D eigenvalue weighted by molar-refractivity contribution is 6.08. The fourth-order valence-corrected chi connectivity index (χ4v) is 2.80. The van der Waals surface area contributed by atoms with Crippen LogP contribution in [0.2, 0.25) is 0 Å². The topological polar surface area (TPSA) is 37.4 Å². The molecule has 1 aromatic rings. The molecule has 0 saturated carbocycles. The molecule has 0 fully saturated rings. The highest BCUT2D eigenvalue weighted by Crippen LogP contribution is 2.45. The summed E-state index contributed by atoms with van der Waals surface area (Å²) in [6.07, 6.45) is 1.03. The highest BCUT2D eigenvalue weighted by Gasteiger charge is 2.46. The molecule has 1 aliphatic heterocycles. The summed E-state index contributed by atoms with van der Waals surface area (Å²) in [6, 6.07) is 6.00. The average Bonchev–Trinajstić information content (AvgIpc) is 2.51. The van der Waals surface area contributed by atoms with E-state index in [2.05, 4.69) is 0 Å². The van der Waals surface area contributed by atoms with Gasteiger partial charge in [0.05, 0.1) is 11.1 Å². The fourth-order valence-electron chi connectivity index (χ4n) is 2.80. The van der Waals surface area contributed by atoms with E-state index in [4.69, 9.17) is 0 Å². The Kier molecular flexibility index (Phi) is 3.01. The first-order valence-corrected chi connectivity index (χ1v) is 6.25. The van der Waals surface area contributed by atoms with Gasteiger partial charge in [0, 0.05) is 13.5 Å².